The maximum atomic E-state index is 5.88. The minimum atomic E-state index is -0.354. The molecule has 7 saturated heterocycles. The molecule has 0 bridgehead atoms. The molecule has 0 radical (unpaired) electrons. The highest BCUT2D eigenvalue weighted by Gasteiger charge is 2.37. The molecule has 7 atom stereocenters. The van der Waals surface area contributed by atoms with Crippen molar-refractivity contribution in [2.45, 2.75) is 48.8 Å². The molecule has 7 fully saturated rings. The van der Waals surface area contributed by atoms with Crippen LogP contribution in [0.5, 0.6) is 0 Å². The quantitative estimate of drug-likeness (QED) is 0.106. The van der Waals surface area contributed by atoms with Crippen LogP contribution in [0.25, 0.3) is 0 Å². The lowest BCUT2D eigenvalue weighted by molar-refractivity contribution is -0.111. The van der Waals surface area contributed by atoms with Gasteiger partial charge in [0.2, 0.25) is 0 Å². The number of epoxide rings is 7. The van der Waals surface area contributed by atoms with Crippen LogP contribution in [0.4, 0.5) is 0 Å². The van der Waals surface area contributed by atoms with E-state index >= 15 is 0 Å². The normalized spacial score (nSPS) is 34.5. The molecule has 0 spiro atoms. The van der Waals surface area contributed by atoms with Gasteiger partial charge in [-0.3, -0.25) is 0 Å². The molecule has 43 heavy (non-hydrogen) atoms. The van der Waals surface area contributed by atoms with Crippen molar-refractivity contribution in [3.05, 3.63) is 0 Å². The van der Waals surface area contributed by atoms with E-state index in [2.05, 4.69) is 0 Å². The standard InChI is InChI=1S/C17H28O8.C12H20O6/c1(13-5-22-13)18-9-17(10-19-2-14-6-23-14,11-20-3-15-7-24-15)12-21-4-16-8-25-16;1(13-3-10-5-16-10)9(15-7-12-8-18-12)2-14-4-11-6-17-11/h13-16H,1-12H2;9-12H,1-8H2. The number of hydrogen-bond acceptors (Lipinski definition) is 14. The highest BCUT2D eigenvalue weighted by atomic mass is 16.6. The van der Waals surface area contributed by atoms with Crippen LogP contribution in [0.2, 0.25) is 0 Å². The van der Waals surface area contributed by atoms with Crippen molar-refractivity contribution < 1.29 is 66.3 Å². The van der Waals surface area contributed by atoms with Gasteiger partial charge in [-0.1, -0.05) is 0 Å². The second-order valence-corrected chi connectivity index (χ2v) is 12.3. The van der Waals surface area contributed by atoms with Crippen molar-refractivity contribution in [1.29, 1.82) is 0 Å². The Morgan fingerprint density at radius 1 is 0.395 bits per heavy atom. The van der Waals surface area contributed by atoms with Gasteiger partial charge >= 0.3 is 0 Å². The van der Waals surface area contributed by atoms with Gasteiger partial charge in [-0.2, -0.15) is 0 Å². The number of ether oxygens (including phenoxy) is 14. The Morgan fingerprint density at radius 2 is 0.651 bits per heavy atom. The smallest absolute Gasteiger partial charge is 0.104 e. The zero-order chi connectivity index (χ0) is 29.2. The third-order valence-corrected chi connectivity index (χ3v) is 7.40. The first-order chi connectivity index (χ1) is 21.2. The summed E-state index contributed by atoms with van der Waals surface area (Å²) >= 11 is 0. The van der Waals surface area contributed by atoms with E-state index in [1.807, 2.05) is 0 Å². The summed E-state index contributed by atoms with van der Waals surface area (Å²) in [4.78, 5) is 0. The Labute approximate surface area is 253 Å². The lowest BCUT2D eigenvalue weighted by atomic mass is 9.92. The molecular weight excluding hydrogens is 572 g/mol. The Kier molecular flexibility index (Phi) is 12.7. The van der Waals surface area contributed by atoms with Crippen molar-refractivity contribution in [2.24, 2.45) is 5.41 Å². The minimum Gasteiger partial charge on any atom is -0.378 e. The van der Waals surface area contributed by atoms with Crippen molar-refractivity contribution in [1.82, 2.24) is 0 Å². The van der Waals surface area contributed by atoms with E-state index in [0.717, 1.165) is 46.2 Å². The third kappa shape index (κ3) is 15.1. The number of rotatable bonds is 27. The fourth-order valence-corrected chi connectivity index (χ4v) is 4.08. The summed E-state index contributed by atoms with van der Waals surface area (Å²) in [5, 5.41) is 0. The Bertz CT molecular complexity index is 682. The van der Waals surface area contributed by atoms with Gasteiger partial charge in [0.05, 0.1) is 138 Å². The lowest BCUT2D eigenvalue weighted by Crippen LogP contribution is -2.43. The first-order valence-corrected chi connectivity index (χ1v) is 15.6. The molecule has 0 saturated carbocycles. The molecule has 248 valence electrons. The van der Waals surface area contributed by atoms with Gasteiger partial charge < -0.3 is 66.3 Å². The van der Waals surface area contributed by atoms with Crippen molar-refractivity contribution in [3.8, 4) is 0 Å². The molecule has 0 aromatic heterocycles. The van der Waals surface area contributed by atoms with Crippen LogP contribution in [-0.2, 0) is 66.3 Å². The zero-order valence-corrected chi connectivity index (χ0v) is 25.0. The fourth-order valence-electron chi connectivity index (χ4n) is 4.08. The lowest BCUT2D eigenvalue weighted by Gasteiger charge is -2.32. The molecular formula is C29H48O14. The van der Waals surface area contributed by atoms with Gasteiger partial charge in [0.15, 0.2) is 0 Å². The molecule has 0 aliphatic carbocycles. The molecule has 7 aliphatic heterocycles. The van der Waals surface area contributed by atoms with Crippen LogP contribution in [-0.4, -0.2) is 181 Å². The molecule has 0 amide bonds. The molecule has 0 N–H and O–H groups in total. The van der Waals surface area contributed by atoms with Crippen LogP contribution in [0.15, 0.2) is 0 Å². The summed E-state index contributed by atoms with van der Waals surface area (Å²) < 4.78 is 76.5. The van der Waals surface area contributed by atoms with Crippen LogP contribution >= 0.6 is 0 Å². The predicted molar refractivity (Wildman–Crippen MR) is 145 cm³/mol. The molecule has 0 aromatic carbocycles. The van der Waals surface area contributed by atoms with E-state index in [0.29, 0.717) is 85.9 Å². The summed E-state index contributed by atoms with van der Waals surface area (Å²) in [5.41, 5.74) is -0.354. The summed E-state index contributed by atoms with van der Waals surface area (Å²) in [7, 11) is 0. The molecule has 7 unspecified atom stereocenters. The van der Waals surface area contributed by atoms with Crippen molar-refractivity contribution in [2.75, 3.05) is 132 Å². The maximum absolute atomic E-state index is 5.88. The summed E-state index contributed by atoms with van der Waals surface area (Å²) in [6.45, 7) is 13.0. The molecule has 7 rings (SSSR count). The fraction of sp³-hybridized carbons (Fsp3) is 1.00. The van der Waals surface area contributed by atoms with E-state index in [-0.39, 0.29) is 54.2 Å². The second kappa shape index (κ2) is 16.8. The van der Waals surface area contributed by atoms with E-state index in [1.54, 1.807) is 0 Å². The Morgan fingerprint density at radius 3 is 0.930 bits per heavy atom. The third-order valence-electron chi connectivity index (χ3n) is 7.40. The van der Waals surface area contributed by atoms with E-state index in [1.165, 1.54) is 0 Å². The molecule has 7 aliphatic rings. The topological polar surface area (TPSA) is 152 Å². The van der Waals surface area contributed by atoms with E-state index in [4.69, 9.17) is 66.3 Å². The monoisotopic (exact) mass is 620 g/mol. The second-order valence-electron chi connectivity index (χ2n) is 12.3. The van der Waals surface area contributed by atoms with E-state index < -0.39 is 0 Å². The van der Waals surface area contributed by atoms with Crippen LogP contribution in [0.1, 0.15) is 0 Å². The van der Waals surface area contributed by atoms with Gasteiger partial charge in [0, 0.05) is 0 Å². The van der Waals surface area contributed by atoms with Gasteiger partial charge in [-0.25, -0.2) is 0 Å². The van der Waals surface area contributed by atoms with Crippen LogP contribution in [0, 0.1) is 5.41 Å². The summed E-state index contributed by atoms with van der Waals surface area (Å²) in [5.74, 6) is 0. The molecule has 14 heteroatoms. The van der Waals surface area contributed by atoms with E-state index in [9.17, 15) is 0 Å². The average Bonchev–Trinajstić information content (AvgIpc) is 3.80. The first-order valence-electron chi connectivity index (χ1n) is 15.6. The maximum Gasteiger partial charge on any atom is 0.104 e. The SMILES string of the molecule is C(OCC(COCC1CO1)(COCC1CO1)COCC1CO1)C1CO1.C(OCC1CO1)C(COCC1CO1)OCC1CO1. The molecule has 7 heterocycles. The van der Waals surface area contributed by atoms with Crippen LogP contribution < -0.4 is 0 Å². The first kappa shape index (κ1) is 32.4. The highest BCUT2D eigenvalue weighted by molar-refractivity contribution is 4.83. The molecule has 0 aromatic rings. The summed E-state index contributed by atoms with van der Waals surface area (Å²) in [6.07, 6.45) is 1.76. The highest BCUT2D eigenvalue weighted by Crippen LogP contribution is 2.25. The Balaban J connectivity index is 0.000000162. The van der Waals surface area contributed by atoms with Gasteiger partial charge in [-0.05, 0) is 0 Å². The zero-order valence-electron chi connectivity index (χ0n) is 25.0. The van der Waals surface area contributed by atoms with Gasteiger partial charge in [-0.15, -0.1) is 0 Å². The number of hydrogen-bond donors (Lipinski definition) is 0. The summed E-state index contributed by atoms with van der Waals surface area (Å²) in [6, 6.07) is 0. The average molecular weight is 621 g/mol. The van der Waals surface area contributed by atoms with Crippen molar-refractivity contribution >= 4 is 0 Å². The molecule has 14 nitrogen and oxygen atoms in total. The minimum absolute atomic E-state index is 0.0355. The van der Waals surface area contributed by atoms with Crippen molar-refractivity contribution in [3.63, 3.8) is 0 Å². The van der Waals surface area contributed by atoms with Gasteiger partial charge in [0.1, 0.15) is 48.8 Å². The van der Waals surface area contributed by atoms with Crippen LogP contribution in [0.3, 0.4) is 0 Å². The largest absolute Gasteiger partial charge is 0.378 e. The Hall–Kier alpha value is -0.560. The van der Waals surface area contributed by atoms with Gasteiger partial charge in [0.25, 0.3) is 0 Å². The predicted octanol–water partition coefficient (Wildman–Crippen LogP) is -0.764.